The lowest BCUT2D eigenvalue weighted by Crippen LogP contribution is -2.09. The Kier molecular flexibility index (Phi) is 3.32. The number of hydrogen-bond acceptors (Lipinski definition) is 4. The number of anilines is 1. The van der Waals surface area contributed by atoms with Gasteiger partial charge in [0.25, 0.3) is 0 Å². The summed E-state index contributed by atoms with van der Waals surface area (Å²) >= 11 is 0. The van der Waals surface area contributed by atoms with Crippen LogP contribution >= 0.6 is 0 Å². The van der Waals surface area contributed by atoms with Crippen molar-refractivity contribution in [3.05, 3.63) is 35.8 Å². The van der Waals surface area contributed by atoms with Crippen molar-refractivity contribution < 1.29 is 12.8 Å². The van der Waals surface area contributed by atoms with Crippen molar-refractivity contribution in [3.63, 3.8) is 0 Å². The number of benzene rings is 1. The van der Waals surface area contributed by atoms with E-state index in [0.29, 0.717) is 16.8 Å². The minimum Gasteiger partial charge on any atom is -0.382 e. The van der Waals surface area contributed by atoms with Gasteiger partial charge in [-0.15, -0.1) is 0 Å². The number of rotatable bonds is 3. The van der Waals surface area contributed by atoms with Gasteiger partial charge >= 0.3 is 0 Å². The van der Waals surface area contributed by atoms with E-state index in [4.69, 9.17) is 5.73 Å². The van der Waals surface area contributed by atoms with Gasteiger partial charge in [-0.25, -0.2) is 12.8 Å². The van der Waals surface area contributed by atoms with Crippen molar-refractivity contribution >= 4 is 15.7 Å². The largest absolute Gasteiger partial charge is 0.382 e. The second-order valence-corrected chi connectivity index (χ2v) is 6.74. The van der Waals surface area contributed by atoms with E-state index < -0.39 is 15.1 Å². The lowest BCUT2D eigenvalue weighted by Gasteiger charge is -2.10. The van der Waals surface area contributed by atoms with Gasteiger partial charge in [0.15, 0.2) is 15.7 Å². The summed E-state index contributed by atoms with van der Waals surface area (Å²) in [6.07, 6.45) is 1.14. The molecule has 1 aromatic heterocycles. The fourth-order valence-corrected chi connectivity index (χ4v) is 2.40. The van der Waals surface area contributed by atoms with Crippen molar-refractivity contribution in [1.82, 2.24) is 10.2 Å². The minimum atomic E-state index is -3.28. The summed E-state index contributed by atoms with van der Waals surface area (Å²) in [6.45, 7) is 1.55. The third kappa shape index (κ3) is 2.60. The van der Waals surface area contributed by atoms with Crippen LogP contribution in [0.3, 0.4) is 0 Å². The molecule has 19 heavy (non-hydrogen) atoms. The van der Waals surface area contributed by atoms with E-state index >= 15 is 0 Å². The molecule has 5 nitrogen and oxygen atoms in total. The molecule has 0 radical (unpaired) electrons. The Morgan fingerprint density at radius 2 is 1.89 bits per heavy atom. The number of sulfone groups is 1. The van der Waals surface area contributed by atoms with Gasteiger partial charge in [-0.05, 0) is 24.6 Å². The zero-order chi connectivity index (χ0) is 14.2. The molecule has 1 atom stereocenters. The van der Waals surface area contributed by atoms with Crippen LogP contribution in [0.1, 0.15) is 17.9 Å². The van der Waals surface area contributed by atoms with Gasteiger partial charge in [0.1, 0.15) is 11.1 Å². The number of nitrogens with two attached hydrogens (primary N) is 1. The molecule has 0 amide bonds. The van der Waals surface area contributed by atoms with Crippen molar-refractivity contribution in [2.45, 2.75) is 12.2 Å². The second kappa shape index (κ2) is 4.65. The van der Waals surface area contributed by atoms with Crippen LogP contribution < -0.4 is 5.73 Å². The molecule has 1 aromatic carbocycles. The lowest BCUT2D eigenvalue weighted by atomic mass is 10.0. The standard InChI is InChI=1S/C12H14FN3O2S/c1-7(19(2,17)18)11-10(12(14)16-15-11)8-3-5-9(13)6-4-8/h3-7H,1-2H3,(H3,14,15,16). The van der Waals surface area contributed by atoms with Crippen molar-refractivity contribution in [3.8, 4) is 11.1 Å². The number of halogens is 1. The maximum absolute atomic E-state index is 12.9. The fourth-order valence-electron chi connectivity index (χ4n) is 1.80. The fraction of sp³-hybridized carbons (Fsp3) is 0.250. The number of H-pyrrole nitrogens is 1. The first kappa shape index (κ1) is 13.5. The average Bonchev–Trinajstić information content (AvgIpc) is 2.70. The van der Waals surface area contributed by atoms with Crippen LogP contribution in [0.15, 0.2) is 24.3 Å². The number of nitrogens with one attached hydrogen (secondary N) is 1. The topological polar surface area (TPSA) is 88.8 Å². The number of aromatic nitrogens is 2. The highest BCUT2D eigenvalue weighted by Gasteiger charge is 2.25. The molecule has 1 heterocycles. The van der Waals surface area contributed by atoms with E-state index in [1.165, 1.54) is 24.3 Å². The Bertz CT molecular complexity index is 692. The molecular formula is C12H14FN3O2S. The second-order valence-electron chi connectivity index (χ2n) is 4.38. The summed E-state index contributed by atoms with van der Waals surface area (Å²) in [5, 5.41) is 5.72. The molecule has 2 rings (SSSR count). The van der Waals surface area contributed by atoms with E-state index in [9.17, 15) is 12.8 Å². The first-order valence-electron chi connectivity index (χ1n) is 5.59. The number of aromatic amines is 1. The van der Waals surface area contributed by atoms with Crippen LogP contribution in [-0.2, 0) is 9.84 Å². The van der Waals surface area contributed by atoms with Gasteiger partial charge in [-0.2, -0.15) is 5.10 Å². The van der Waals surface area contributed by atoms with Crippen LogP contribution in [0.25, 0.3) is 11.1 Å². The molecule has 102 valence electrons. The molecule has 0 saturated carbocycles. The van der Waals surface area contributed by atoms with Crippen LogP contribution in [0, 0.1) is 5.82 Å². The van der Waals surface area contributed by atoms with Gasteiger partial charge in [0, 0.05) is 11.8 Å². The molecular weight excluding hydrogens is 269 g/mol. The van der Waals surface area contributed by atoms with E-state index in [-0.39, 0.29) is 11.6 Å². The van der Waals surface area contributed by atoms with E-state index in [0.717, 1.165) is 6.26 Å². The summed E-state index contributed by atoms with van der Waals surface area (Å²) in [4.78, 5) is 0. The third-order valence-corrected chi connectivity index (χ3v) is 4.52. The SMILES string of the molecule is CC(c1[nH]nc(N)c1-c1ccc(F)cc1)S(C)(=O)=O. The van der Waals surface area contributed by atoms with Crippen molar-refractivity contribution in [2.75, 3.05) is 12.0 Å². The Morgan fingerprint density at radius 1 is 1.32 bits per heavy atom. The number of hydrogen-bond donors (Lipinski definition) is 2. The van der Waals surface area contributed by atoms with E-state index in [1.807, 2.05) is 0 Å². The predicted octanol–water partition coefficient (Wildman–Crippen LogP) is 1.90. The first-order valence-corrected chi connectivity index (χ1v) is 7.54. The first-order chi connectivity index (χ1) is 8.80. The summed E-state index contributed by atoms with van der Waals surface area (Å²) in [7, 11) is -3.28. The summed E-state index contributed by atoms with van der Waals surface area (Å²) in [5.74, 6) is -0.180. The summed E-state index contributed by atoms with van der Waals surface area (Å²) in [5.41, 5.74) is 7.29. The zero-order valence-electron chi connectivity index (χ0n) is 10.5. The number of nitrogens with zero attached hydrogens (tertiary/aromatic N) is 1. The minimum absolute atomic E-state index is 0.192. The molecule has 7 heteroatoms. The molecule has 0 aliphatic heterocycles. The highest BCUT2D eigenvalue weighted by atomic mass is 32.2. The van der Waals surface area contributed by atoms with Gasteiger partial charge in [0.05, 0.1) is 5.69 Å². The van der Waals surface area contributed by atoms with Crippen molar-refractivity contribution in [2.24, 2.45) is 0 Å². The lowest BCUT2D eigenvalue weighted by molar-refractivity contribution is 0.591. The Morgan fingerprint density at radius 3 is 2.42 bits per heavy atom. The monoisotopic (exact) mass is 283 g/mol. The predicted molar refractivity (Wildman–Crippen MR) is 71.7 cm³/mol. The van der Waals surface area contributed by atoms with Gasteiger partial charge in [0.2, 0.25) is 0 Å². The molecule has 0 fully saturated rings. The summed E-state index contributed by atoms with van der Waals surface area (Å²) < 4.78 is 36.2. The average molecular weight is 283 g/mol. The normalized spacial score (nSPS) is 13.4. The Labute approximate surface area is 110 Å². The maximum Gasteiger partial charge on any atom is 0.155 e. The molecule has 0 spiro atoms. The number of nitrogen functional groups attached to an aromatic ring is 1. The molecule has 2 aromatic rings. The zero-order valence-corrected chi connectivity index (χ0v) is 11.3. The Balaban J connectivity index is 2.58. The highest BCUT2D eigenvalue weighted by molar-refractivity contribution is 7.90. The highest BCUT2D eigenvalue weighted by Crippen LogP contribution is 2.34. The molecule has 0 saturated heterocycles. The van der Waals surface area contributed by atoms with Crippen LogP contribution in [0.4, 0.5) is 10.2 Å². The molecule has 0 aliphatic rings. The molecule has 0 aliphatic carbocycles. The van der Waals surface area contributed by atoms with Gasteiger partial charge < -0.3 is 5.73 Å². The van der Waals surface area contributed by atoms with Gasteiger partial charge in [-0.1, -0.05) is 12.1 Å². The molecule has 3 N–H and O–H groups in total. The third-order valence-electron chi connectivity index (χ3n) is 3.00. The Hall–Kier alpha value is -1.89. The quantitative estimate of drug-likeness (QED) is 0.900. The molecule has 1 unspecified atom stereocenters. The van der Waals surface area contributed by atoms with Crippen molar-refractivity contribution in [1.29, 1.82) is 0 Å². The van der Waals surface area contributed by atoms with E-state index in [2.05, 4.69) is 10.2 Å². The van der Waals surface area contributed by atoms with Crippen LogP contribution in [-0.4, -0.2) is 24.9 Å². The smallest absolute Gasteiger partial charge is 0.155 e. The summed E-state index contributed by atoms with van der Waals surface area (Å²) in [6, 6.07) is 5.65. The maximum atomic E-state index is 12.9. The molecule has 0 bridgehead atoms. The van der Waals surface area contributed by atoms with Crippen LogP contribution in [0.5, 0.6) is 0 Å². The van der Waals surface area contributed by atoms with E-state index in [1.54, 1.807) is 6.92 Å². The van der Waals surface area contributed by atoms with Gasteiger partial charge in [-0.3, -0.25) is 5.10 Å². The van der Waals surface area contributed by atoms with Crippen LogP contribution in [0.2, 0.25) is 0 Å².